The SMILES string of the molecule is O=C(O)c1ccc(-c2nnc(-c3cnc4n(c3=O)CCS4)o2)cc1. The molecule has 0 atom stereocenters. The lowest BCUT2D eigenvalue weighted by Crippen LogP contribution is -2.21. The van der Waals surface area contributed by atoms with Crippen molar-refractivity contribution in [2.75, 3.05) is 5.75 Å². The molecule has 0 saturated heterocycles. The number of fused-ring (bicyclic) bond motifs is 1. The van der Waals surface area contributed by atoms with Crippen molar-refractivity contribution in [3.05, 3.63) is 46.4 Å². The number of carbonyl (C=O) groups is 1. The van der Waals surface area contributed by atoms with E-state index in [1.807, 2.05) is 0 Å². The summed E-state index contributed by atoms with van der Waals surface area (Å²) in [5, 5.41) is 17.4. The zero-order chi connectivity index (χ0) is 16.7. The second kappa shape index (κ2) is 5.60. The summed E-state index contributed by atoms with van der Waals surface area (Å²) in [6.45, 7) is 0.608. The molecule has 1 aromatic carbocycles. The van der Waals surface area contributed by atoms with Crippen molar-refractivity contribution in [2.45, 2.75) is 11.7 Å². The van der Waals surface area contributed by atoms with Gasteiger partial charge in [-0.2, -0.15) is 0 Å². The molecule has 4 rings (SSSR count). The zero-order valence-corrected chi connectivity index (χ0v) is 13.0. The van der Waals surface area contributed by atoms with Gasteiger partial charge in [-0.3, -0.25) is 9.36 Å². The maximum absolute atomic E-state index is 12.4. The second-order valence-electron chi connectivity index (χ2n) is 5.05. The fourth-order valence-corrected chi connectivity index (χ4v) is 3.28. The van der Waals surface area contributed by atoms with E-state index in [0.717, 1.165) is 5.75 Å². The topological polar surface area (TPSA) is 111 Å². The lowest BCUT2D eigenvalue weighted by Gasteiger charge is -2.01. The minimum Gasteiger partial charge on any atom is -0.478 e. The number of benzene rings is 1. The molecule has 3 heterocycles. The van der Waals surface area contributed by atoms with Gasteiger partial charge in [0, 0.05) is 24.1 Å². The predicted octanol–water partition coefficient (Wildman–Crippen LogP) is 1.76. The van der Waals surface area contributed by atoms with Crippen LogP contribution in [0.3, 0.4) is 0 Å². The van der Waals surface area contributed by atoms with Crippen molar-refractivity contribution in [1.29, 1.82) is 0 Å². The Kier molecular flexibility index (Phi) is 3.42. The van der Waals surface area contributed by atoms with Crippen LogP contribution in [0.4, 0.5) is 0 Å². The van der Waals surface area contributed by atoms with E-state index < -0.39 is 5.97 Å². The number of carboxylic acid groups (broad SMARTS) is 1. The van der Waals surface area contributed by atoms with Gasteiger partial charge in [0.05, 0.1) is 5.56 Å². The van der Waals surface area contributed by atoms with Crippen LogP contribution in [-0.4, -0.2) is 36.6 Å². The van der Waals surface area contributed by atoms with E-state index in [0.29, 0.717) is 17.3 Å². The van der Waals surface area contributed by atoms with Gasteiger partial charge >= 0.3 is 5.97 Å². The van der Waals surface area contributed by atoms with Crippen molar-refractivity contribution in [1.82, 2.24) is 19.7 Å². The fraction of sp³-hybridized carbons (Fsp3) is 0.133. The van der Waals surface area contributed by atoms with Gasteiger partial charge < -0.3 is 9.52 Å². The van der Waals surface area contributed by atoms with Crippen LogP contribution in [0.15, 0.2) is 44.8 Å². The van der Waals surface area contributed by atoms with Gasteiger partial charge in [0.15, 0.2) is 5.16 Å². The smallest absolute Gasteiger partial charge is 0.335 e. The highest BCUT2D eigenvalue weighted by Crippen LogP contribution is 2.25. The third-order valence-corrected chi connectivity index (χ3v) is 4.56. The molecule has 0 bridgehead atoms. The molecular formula is C15H10N4O4S. The van der Waals surface area contributed by atoms with E-state index in [4.69, 9.17) is 9.52 Å². The standard InChI is InChI=1S/C15H10N4O4S/c20-13-10(7-16-15-19(13)5-6-24-15)12-18-17-11(23-12)8-1-3-9(4-2-8)14(21)22/h1-4,7H,5-6H2,(H,21,22). The van der Waals surface area contributed by atoms with E-state index >= 15 is 0 Å². The van der Waals surface area contributed by atoms with E-state index in [9.17, 15) is 9.59 Å². The lowest BCUT2D eigenvalue weighted by molar-refractivity contribution is 0.0697. The first kappa shape index (κ1) is 14.6. The summed E-state index contributed by atoms with van der Waals surface area (Å²) in [6.07, 6.45) is 1.44. The Morgan fingerprint density at radius 1 is 1.21 bits per heavy atom. The molecule has 24 heavy (non-hydrogen) atoms. The number of aromatic nitrogens is 4. The number of rotatable bonds is 3. The Hall–Kier alpha value is -2.94. The third-order valence-electron chi connectivity index (χ3n) is 3.59. The third kappa shape index (κ3) is 2.38. The molecule has 2 aromatic heterocycles. The quantitative estimate of drug-likeness (QED) is 0.717. The Balaban J connectivity index is 1.71. The first-order chi connectivity index (χ1) is 11.6. The van der Waals surface area contributed by atoms with Crippen molar-refractivity contribution in [2.24, 2.45) is 0 Å². The van der Waals surface area contributed by atoms with Gasteiger partial charge in [0.2, 0.25) is 5.89 Å². The number of carboxylic acids is 1. The molecule has 0 amide bonds. The average Bonchev–Trinajstić information content (AvgIpc) is 3.25. The number of hydrogen-bond acceptors (Lipinski definition) is 7. The zero-order valence-electron chi connectivity index (χ0n) is 12.2. The number of hydrogen-bond donors (Lipinski definition) is 1. The maximum atomic E-state index is 12.4. The highest BCUT2D eigenvalue weighted by Gasteiger charge is 2.20. The first-order valence-electron chi connectivity index (χ1n) is 7.04. The van der Waals surface area contributed by atoms with Crippen molar-refractivity contribution >= 4 is 17.7 Å². The second-order valence-corrected chi connectivity index (χ2v) is 6.12. The molecule has 3 aromatic rings. The monoisotopic (exact) mass is 342 g/mol. The van der Waals surface area contributed by atoms with Crippen LogP contribution >= 0.6 is 11.8 Å². The van der Waals surface area contributed by atoms with Crippen LogP contribution in [0, 0.1) is 0 Å². The first-order valence-corrected chi connectivity index (χ1v) is 8.02. The van der Waals surface area contributed by atoms with Gasteiger partial charge in [-0.1, -0.05) is 11.8 Å². The Bertz CT molecular complexity index is 993. The number of thioether (sulfide) groups is 1. The van der Waals surface area contributed by atoms with E-state index in [-0.39, 0.29) is 28.5 Å². The summed E-state index contributed by atoms with van der Waals surface area (Å²) in [4.78, 5) is 27.6. The largest absolute Gasteiger partial charge is 0.478 e. The summed E-state index contributed by atoms with van der Waals surface area (Å²) in [5.41, 5.74) is 0.782. The van der Waals surface area contributed by atoms with Crippen LogP contribution in [0.1, 0.15) is 10.4 Å². The number of nitrogens with zero attached hydrogens (tertiary/aromatic N) is 4. The molecule has 8 nitrogen and oxygen atoms in total. The Morgan fingerprint density at radius 2 is 1.96 bits per heavy atom. The Labute approximate surface area is 139 Å². The summed E-state index contributed by atoms with van der Waals surface area (Å²) in [5.74, 6) is 0.109. The van der Waals surface area contributed by atoms with E-state index in [1.165, 1.54) is 30.1 Å². The van der Waals surface area contributed by atoms with Gasteiger partial charge in [0.1, 0.15) is 5.56 Å². The molecule has 0 unspecified atom stereocenters. The van der Waals surface area contributed by atoms with Crippen LogP contribution in [0.5, 0.6) is 0 Å². The highest BCUT2D eigenvalue weighted by molar-refractivity contribution is 7.99. The van der Waals surface area contributed by atoms with Gasteiger partial charge in [-0.05, 0) is 24.3 Å². The Morgan fingerprint density at radius 3 is 2.71 bits per heavy atom. The lowest BCUT2D eigenvalue weighted by atomic mass is 10.1. The minimum atomic E-state index is -1.01. The molecule has 1 aliphatic heterocycles. The van der Waals surface area contributed by atoms with Crippen molar-refractivity contribution in [3.63, 3.8) is 0 Å². The molecule has 120 valence electrons. The summed E-state index contributed by atoms with van der Waals surface area (Å²) >= 11 is 1.53. The molecule has 0 fully saturated rings. The average molecular weight is 342 g/mol. The maximum Gasteiger partial charge on any atom is 0.335 e. The highest BCUT2D eigenvalue weighted by atomic mass is 32.2. The van der Waals surface area contributed by atoms with Gasteiger partial charge in [0.25, 0.3) is 11.4 Å². The van der Waals surface area contributed by atoms with Crippen LogP contribution in [0.25, 0.3) is 22.9 Å². The summed E-state index contributed by atoms with van der Waals surface area (Å²) in [7, 11) is 0. The molecule has 0 aliphatic carbocycles. The van der Waals surface area contributed by atoms with Crippen molar-refractivity contribution < 1.29 is 14.3 Å². The molecular weight excluding hydrogens is 332 g/mol. The van der Waals surface area contributed by atoms with Gasteiger partial charge in [-0.15, -0.1) is 10.2 Å². The van der Waals surface area contributed by atoms with Crippen LogP contribution in [-0.2, 0) is 6.54 Å². The fourth-order valence-electron chi connectivity index (χ4n) is 2.37. The van der Waals surface area contributed by atoms with Crippen LogP contribution < -0.4 is 5.56 Å². The molecule has 1 aliphatic rings. The normalized spacial score (nSPS) is 13.0. The summed E-state index contributed by atoms with van der Waals surface area (Å²) in [6, 6.07) is 6.05. The molecule has 0 saturated carbocycles. The van der Waals surface area contributed by atoms with Gasteiger partial charge in [-0.25, -0.2) is 9.78 Å². The molecule has 0 spiro atoms. The predicted molar refractivity (Wildman–Crippen MR) is 84.9 cm³/mol. The molecule has 9 heteroatoms. The van der Waals surface area contributed by atoms with Crippen LogP contribution in [0.2, 0.25) is 0 Å². The van der Waals surface area contributed by atoms with Crippen molar-refractivity contribution in [3.8, 4) is 22.9 Å². The minimum absolute atomic E-state index is 0.0945. The number of aromatic carboxylic acids is 1. The molecule has 1 N–H and O–H groups in total. The summed E-state index contributed by atoms with van der Waals surface area (Å²) < 4.78 is 7.16. The molecule has 0 radical (unpaired) electrons. The van der Waals surface area contributed by atoms with E-state index in [2.05, 4.69) is 15.2 Å². The van der Waals surface area contributed by atoms with E-state index in [1.54, 1.807) is 16.7 Å².